The maximum Gasteiger partial charge on any atom is 0.331 e. The van der Waals surface area contributed by atoms with Crippen LogP contribution >= 0.6 is 0 Å². The molecule has 0 heterocycles. The van der Waals surface area contributed by atoms with Crippen LogP contribution in [0.15, 0.2) is 24.3 Å². The van der Waals surface area contributed by atoms with Gasteiger partial charge in [0.15, 0.2) is 11.5 Å². The van der Waals surface area contributed by atoms with E-state index in [0.717, 1.165) is 5.56 Å². The maximum absolute atomic E-state index is 11.3. The zero-order valence-electron chi connectivity index (χ0n) is 11.1. The molecule has 0 N–H and O–H groups in total. The van der Waals surface area contributed by atoms with E-state index in [4.69, 9.17) is 14.2 Å². The molecule has 1 aromatic carbocycles. The summed E-state index contributed by atoms with van der Waals surface area (Å²) in [5, 5.41) is 0. The van der Waals surface area contributed by atoms with E-state index in [1.54, 1.807) is 32.4 Å². The summed E-state index contributed by atoms with van der Waals surface area (Å²) in [5.74, 6) is 0.913. The summed E-state index contributed by atoms with van der Waals surface area (Å²) in [5.41, 5.74) is 0.841. The average Bonchev–Trinajstić information content (AvgIpc) is 2.35. The fraction of sp³-hybridized carbons (Fsp3) is 0.357. The first-order valence-corrected chi connectivity index (χ1v) is 5.67. The van der Waals surface area contributed by atoms with Gasteiger partial charge < -0.3 is 14.2 Å². The van der Waals surface area contributed by atoms with Gasteiger partial charge in [-0.05, 0) is 37.6 Å². The van der Waals surface area contributed by atoms with Crippen LogP contribution in [0.4, 0.5) is 0 Å². The van der Waals surface area contributed by atoms with Gasteiger partial charge in [0.2, 0.25) is 0 Å². The first kappa shape index (κ1) is 14.1. The second kappa shape index (κ2) is 6.69. The summed E-state index contributed by atoms with van der Waals surface area (Å²) in [6.45, 7) is 3.62. The fourth-order valence-corrected chi connectivity index (χ4v) is 1.39. The minimum atomic E-state index is -0.361. The van der Waals surface area contributed by atoms with Crippen LogP contribution in [-0.4, -0.2) is 26.3 Å². The molecule has 0 aliphatic rings. The van der Waals surface area contributed by atoms with Crippen molar-refractivity contribution in [3.63, 3.8) is 0 Å². The third-order valence-electron chi connectivity index (χ3n) is 2.17. The second-order valence-corrected chi connectivity index (χ2v) is 3.93. The van der Waals surface area contributed by atoms with Gasteiger partial charge in [-0.3, -0.25) is 0 Å². The summed E-state index contributed by atoms with van der Waals surface area (Å²) < 4.78 is 15.3. The van der Waals surface area contributed by atoms with Crippen LogP contribution in [0.1, 0.15) is 19.4 Å². The van der Waals surface area contributed by atoms with E-state index >= 15 is 0 Å². The number of methoxy groups -OCH3 is 2. The quantitative estimate of drug-likeness (QED) is 0.595. The monoisotopic (exact) mass is 250 g/mol. The summed E-state index contributed by atoms with van der Waals surface area (Å²) >= 11 is 0. The highest BCUT2D eigenvalue weighted by Gasteiger charge is 2.04. The Hall–Kier alpha value is -1.97. The molecule has 0 amide bonds. The van der Waals surface area contributed by atoms with Crippen LogP contribution in [0.5, 0.6) is 11.5 Å². The van der Waals surface area contributed by atoms with Gasteiger partial charge in [0.25, 0.3) is 0 Å². The molecule has 4 heteroatoms. The highest BCUT2D eigenvalue weighted by atomic mass is 16.5. The predicted octanol–water partition coefficient (Wildman–Crippen LogP) is 2.67. The summed E-state index contributed by atoms with van der Waals surface area (Å²) in [6, 6.07) is 5.41. The molecule has 4 nitrogen and oxygen atoms in total. The van der Waals surface area contributed by atoms with E-state index in [9.17, 15) is 4.79 Å². The zero-order valence-corrected chi connectivity index (χ0v) is 11.1. The Bertz CT molecular complexity index is 435. The molecule has 1 rings (SSSR count). The number of carbonyl (C=O) groups excluding carboxylic acids is 1. The molecule has 0 spiro atoms. The number of carbonyl (C=O) groups is 1. The van der Waals surface area contributed by atoms with Crippen molar-refractivity contribution in [2.24, 2.45) is 0 Å². The molecule has 98 valence electrons. The highest BCUT2D eigenvalue weighted by Crippen LogP contribution is 2.27. The Labute approximate surface area is 107 Å². The minimum absolute atomic E-state index is 0.118. The van der Waals surface area contributed by atoms with E-state index in [-0.39, 0.29) is 12.1 Å². The van der Waals surface area contributed by atoms with Gasteiger partial charge >= 0.3 is 5.97 Å². The van der Waals surface area contributed by atoms with Crippen molar-refractivity contribution < 1.29 is 19.0 Å². The molecule has 1 aromatic rings. The molecule has 0 unspecified atom stereocenters. The van der Waals surface area contributed by atoms with Gasteiger partial charge in [0, 0.05) is 6.08 Å². The Balaban J connectivity index is 2.79. The van der Waals surface area contributed by atoms with E-state index in [1.807, 2.05) is 19.9 Å². The van der Waals surface area contributed by atoms with Crippen molar-refractivity contribution in [2.45, 2.75) is 20.0 Å². The van der Waals surface area contributed by atoms with Crippen molar-refractivity contribution in [1.29, 1.82) is 0 Å². The number of esters is 1. The number of rotatable bonds is 5. The van der Waals surface area contributed by atoms with Crippen molar-refractivity contribution in [3.05, 3.63) is 29.8 Å². The third kappa shape index (κ3) is 4.13. The number of hydrogen-bond acceptors (Lipinski definition) is 4. The fourth-order valence-electron chi connectivity index (χ4n) is 1.39. The Morgan fingerprint density at radius 1 is 1.17 bits per heavy atom. The average molecular weight is 250 g/mol. The highest BCUT2D eigenvalue weighted by molar-refractivity contribution is 5.87. The van der Waals surface area contributed by atoms with Crippen LogP contribution < -0.4 is 9.47 Å². The molecule has 0 aliphatic heterocycles. The van der Waals surface area contributed by atoms with E-state index in [2.05, 4.69) is 0 Å². The number of ether oxygens (including phenoxy) is 3. The van der Waals surface area contributed by atoms with Gasteiger partial charge in [-0.1, -0.05) is 6.07 Å². The smallest absolute Gasteiger partial charge is 0.331 e. The van der Waals surface area contributed by atoms with Gasteiger partial charge in [-0.25, -0.2) is 4.79 Å². The topological polar surface area (TPSA) is 44.8 Å². The molecule has 18 heavy (non-hydrogen) atoms. The lowest BCUT2D eigenvalue weighted by atomic mass is 10.2. The minimum Gasteiger partial charge on any atom is -0.493 e. The molecule has 0 fully saturated rings. The summed E-state index contributed by atoms with van der Waals surface area (Å²) in [7, 11) is 3.14. The van der Waals surface area contributed by atoms with Gasteiger partial charge in [-0.15, -0.1) is 0 Å². The first-order valence-electron chi connectivity index (χ1n) is 5.67. The van der Waals surface area contributed by atoms with Crippen molar-refractivity contribution in [3.8, 4) is 11.5 Å². The standard InChI is InChI=1S/C14H18O4/c1-10(2)18-14(15)8-6-11-5-7-12(16-3)13(9-11)17-4/h5-10H,1-4H3. The van der Waals surface area contributed by atoms with E-state index in [0.29, 0.717) is 11.5 Å². The summed E-state index contributed by atoms with van der Waals surface area (Å²) in [6.07, 6.45) is 2.95. The molecule has 0 radical (unpaired) electrons. The van der Waals surface area contributed by atoms with Crippen molar-refractivity contribution in [1.82, 2.24) is 0 Å². The number of benzene rings is 1. The Kier molecular flexibility index (Phi) is 5.24. The molecular weight excluding hydrogens is 232 g/mol. The van der Waals surface area contributed by atoms with Gasteiger partial charge in [0.1, 0.15) is 0 Å². The summed E-state index contributed by atoms with van der Waals surface area (Å²) in [4.78, 5) is 11.3. The third-order valence-corrected chi connectivity index (χ3v) is 2.17. The molecule has 0 saturated heterocycles. The van der Waals surface area contributed by atoms with Gasteiger partial charge in [0.05, 0.1) is 20.3 Å². The molecule has 0 saturated carbocycles. The van der Waals surface area contributed by atoms with Crippen LogP contribution in [0.25, 0.3) is 6.08 Å². The lowest BCUT2D eigenvalue weighted by molar-refractivity contribution is -0.141. The molecular formula is C14H18O4. The SMILES string of the molecule is COc1ccc(C=CC(=O)OC(C)C)cc1OC. The van der Waals surface area contributed by atoms with Crippen LogP contribution in [0.3, 0.4) is 0 Å². The Morgan fingerprint density at radius 2 is 1.83 bits per heavy atom. The van der Waals surface area contributed by atoms with E-state index < -0.39 is 0 Å². The van der Waals surface area contributed by atoms with Crippen LogP contribution in [0, 0.1) is 0 Å². The predicted molar refractivity (Wildman–Crippen MR) is 69.8 cm³/mol. The first-order chi connectivity index (χ1) is 8.56. The Morgan fingerprint density at radius 3 is 2.39 bits per heavy atom. The maximum atomic E-state index is 11.3. The largest absolute Gasteiger partial charge is 0.493 e. The van der Waals surface area contributed by atoms with Crippen molar-refractivity contribution in [2.75, 3.05) is 14.2 Å². The molecule has 0 bridgehead atoms. The van der Waals surface area contributed by atoms with Gasteiger partial charge in [-0.2, -0.15) is 0 Å². The normalized spacial score (nSPS) is 10.7. The van der Waals surface area contributed by atoms with Crippen molar-refractivity contribution >= 4 is 12.0 Å². The van der Waals surface area contributed by atoms with E-state index in [1.165, 1.54) is 6.08 Å². The lowest BCUT2D eigenvalue weighted by Gasteiger charge is -2.07. The van der Waals surface area contributed by atoms with Crippen LogP contribution in [0.2, 0.25) is 0 Å². The second-order valence-electron chi connectivity index (χ2n) is 3.93. The molecule has 0 aromatic heterocycles. The molecule has 0 aliphatic carbocycles. The lowest BCUT2D eigenvalue weighted by Crippen LogP contribution is -2.08. The number of hydrogen-bond donors (Lipinski definition) is 0. The zero-order chi connectivity index (χ0) is 13.5. The molecule has 0 atom stereocenters. The van der Waals surface area contributed by atoms with Crippen LogP contribution in [-0.2, 0) is 9.53 Å².